The van der Waals surface area contributed by atoms with Gasteiger partial charge < -0.3 is 14.8 Å². The second-order valence-corrected chi connectivity index (χ2v) is 5.58. The standard InChI is InChI=1S/C18H25NO4/c1-3-22-17(20)15(18(21)23-4-2)12-19-16-11-7-10-14(16)13-8-5-6-9-13/h8,12,19H,3-7,9-11H2,1-2H3. The van der Waals surface area contributed by atoms with E-state index in [4.69, 9.17) is 9.47 Å². The van der Waals surface area contributed by atoms with Crippen molar-refractivity contribution in [2.24, 2.45) is 0 Å². The predicted octanol–water partition coefficient (Wildman–Crippen LogP) is 3.13. The lowest BCUT2D eigenvalue weighted by Gasteiger charge is -2.11. The second kappa shape index (κ2) is 8.56. The Labute approximate surface area is 137 Å². The van der Waals surface area contributed by atoms with E-state index in [1.807, 2.05) is 0 Å². The van der Waals surface area contributed by atoms with E-state index in [1.54, 1.807) is 13.8 Å². The molecule has 0 aromatic rings. The Hall–Kier alpha value is -2.04. The number of rotatable bonds is 7. The molecule has 0 heterocycles. The van der Waals surface area contributed by atoms with E-state index in [0.29, 0.717) is 0 Å². The molecule has 0 aromatic heterocycles. The topological polar surface area (TPSA) is 64.6 Å². The van der Waals surface area contributed by atoms with Gasteiger partial charge in [-0.15, -0.1) is 0 Å². The van der Waals surface area contributed by atoms with Gasteiger partial charge in [-0.05, 0) is 63.5 Å². The van der Waals surface area contributed by atoms with Gasteiger partial charge in [0.1, 0.15) is 0 Å². The van der Waals surface area contributed by atoms with Gasteiger partial charge in [-0.3, -0.25) is 0 Å². The van der Waals surface area contributed by atoms with Crippen molar-refractivity contribution in [2.75, 3.05) is 13.2 Å². The summed E-state index contributed by atoms with van der Waals surface area (Å²) >= 11 is 0. The van der Waals surface area contributed by atoms with Gasteiger partial charge in [-0.25, -0.2) is 9.59 Å². The number of allylic oxidation sites excluding steroid dienone is 4. The Morgan fingerprint density at radius 1 is 1.09 bits per heavy atom. The fourth-order valence-corrected chi connectivity index (χ4v) is 2.98. The Bertz CT molecular complexity index is 537. The van der Waals surface area contributed by atoms with Gasteiger partial charge in [-0.2, -0.15) is 0 Å². The zero-order valence-electron chi connectivity index (χ0n) is 13.9. The maximum atomic E-state index is 11.9. The van der Waals surface area contributed by atoms with Crippen LogP contribution in [0.25, 0.3) is 0 Å². The van der Waals surface area contributed by atoms with Gasteiger partial charge in [0.15, 0.2) is 5.57 Å². The molecule has 0 radical (unpaired) electrons. The van der Waals surface area contributed by atoms with Crippen LogP contribution in [0, 0.1) is 0 Å². The maximum absolute atomic E-state index is 11.9. The maximum Gasteiger partial charge on any atom is 0.347 e. The van der Waals surface area contributed by atoms with Crippen LogP contribution in [0.5, 0.6) is 0 Å². The number of nitrogens with one attached hydrogen (secondary N) is 1. The monoisotopic (exact) mass is 319 g/mol. The van der Waals surface area contributed by atoms with Gasteiger partial charge in [0.05, 0.1) is 13.2 Å². The van der Waals surface area contributed by atoms with Crippen LogP contribution in [-0.4, -0.2) is 25.2 Å². The lowest BCUT2D eigenvalue weighted by atomic mass is 10.0. The Morgan fingerprint density at radius 2 is 1.78 bits per heavy atom. The number of esters is 2. The summed E-state index contributed by atoms with van der Waals surface area (Å²) in [7, 11) is 0. The van der Waals surface area contributed by atoms with Crippen LogP contribution in [0.3, 0.4) is 0 Å². The molecular formula is C18H25NO4. The molecule has 0 spiro atoms. The summed E-state index contributed by atoms with van der Waals surface area (Å²) in [6.07, 6.45) is 10.3. The van der Waals surface area contributed by atoms with Gasteiger partial charge in [0, 0.05) is 11.9 Å². The molecule has 0 atom stereocenters. The van der Waals surface area contributed by atoms with Crippen LogP contribution < -0.4 is 5.32 Å². The molecule has 126 valence electrons. The van der Waals surface area contributed by atoms with Crippen molar-refractivity contribution in [3.63, 3.8) is 0 Å². The lowest BCUT2D eigenvalue weighted by molar-refractivity contribution is -0.146. The van der Waals surface area contributed by atoms with E-state index >= 15 is 0 Å². The first-order valence-electron chi connectivity index (χ1n) is 8.39. The van der Waals surface area contributed by atoms with E-state index in [2.05, 4.69) is 11.4 Å². The van der Waals surface area contributed by atoms with Crippen molar-refractivity contribution in [3.05, 3.63) is 34.7 Å². The summed E-state index contributed by atoms with van der Waals surface area (Å²) in [5, 5.41) is 3.16. The average molecular weight is 319 g/mol. The molecule has 23 heavy (non-hydrogen) atoms. The minimum atomic E-state index is -0.654. The SMILES string of the molecule is CCOC(=O)C(=CNC1=C(C2=CCCC2)CCC1)C(=O)OCC. The number of carbonyl (C=O) groups excluding carboxylic acids is 2. The van der Waals surface area contributed by atoms with Crippen molar-refractivity contribution in [2.45, 2.75) is 52.4 Å². The van der Waals surface area contributed by atoms with E-state index in [0.717, 1.165) is 37.8 Å². The van der Waals surface area contributed by atoms with Crippen LogP contribution in [0.15, 0.2) is 34.7 Å². The highest BCUT2D eigenvalue weighted by Gasteiger charge is 2.23. The van der Waals surface area contributed by atoms with Crippen molar-refractivity contribution in [1.82, 2.24) is 5.32 Å². The third-order valence-corrected chi connectivity index (χ3v) is 4.03. The molecule has 5 heteroatoms. The van der Waals surface area contributed by atoms with Crippen LogP contribution in [0.4, 0.5) is 0 Å². The molecule has 0 unspecified atom stereocenters. The first kappa shape index (κ1) is 17.3. The summed E-state index contributed by atoms with van der Waals surface area (Å²) in [6, 6.07) is 0. The lowest BCUT2D eigenvalue weighted by Crippen LogP contribution is -2.21. The minimum Gasteiger partial charge on any atom is -0.462 e. The highest BCUT2D eigenvalue weighted by atomic mass is 16.6. The Morgan fingerprint density at radius 3 is 2.35 bits per heavy atom. The molecular weight excluding hydrogens is 294 g/mol. The molecule has 0 amide bonds. The second-order valence-electron chi connectivity index (χ2n) is 5.58. The van der Waals surface area contributed by atoms with E-state index < -0.39 is 11.9 Å². The Balaban J connectivity index is 2.16. The van der Waals surface area contributed by atoms with Crippen LogP contribution in [-0.2, 0) is 19.1 Å². The molecule has 1 N–H and O–H groups in total. The smallest absolute Gasteiger partial charge is 0.347 e. The molecule has 2 aliphatic carbocycles. The first-order valence-corrected chi connectivity index (χ1v) is 8.39. The van der Waals surface area contributed by atoms with Gasteiger partial charge in [0.25, 0.3) is 0 Å². The van der Waals surface area contributed by atoms with Crippen molar-refractivity contribution < 1.29 is 19.1 Å². The molecule has 2 rings (SSSR count). The van der Waals surface area contributed by atoms with Gasteiger partial charge in [0.2, 0.25) is 0 Å². The van der Waals surface area contributed by atoms with Crippen molar-refractivity contribution in [3.8, 4) is 0 Å². The van der Waals surface area contributed by atoms with E-state index in [-0.39, 0.29) is 18.8 Å². The highest BCUT2D eigenvalue weighted by Crippen LogP contribution is 2.35. The number of carbonyl (C=O) groups is 2. The molecule has 0 bridgehead atoms. The quantitative estimate of drug-likeness (QED) is 0.338. The molecule has 2 aliphatic rings. The van der Waals surface area contributed by atoms with E-state index in [9.17, 15) is 9.59 Å². The number of hydrogen-bond acceptors (Lipinski definition) is 5. The molecule has 0 saturated carbocycles. The summed E-state index contributed by atoms with van der Waals surface area (Å²) in [6.45, 7) is 3.85. The number of ether oxygens (including phenoxy) is 2. The fraction of sp³-hybridized carbons (Fsp3) is 0.556. The molecule has 0 aliphatic heterocycles. The van der Waals surface area contributed by atoms with Crippen LogP contribution >= 0.6 is 0 Å². The highest BCUT2D eigenvalue weighted by molar-refractivity contribution is 6.14. The van der Waals surface area contributed by atoms with E-state index in [1.165, 1.54) is 23.8 Å². The Kier molecular flexibility index (Phi) is 6.44. The molecule has 0 saturated heterocycles. The predicted molar refractivity (Wildman–Crippen MR) is 87.3 cm³/mol. The van der Waals surface area contributed by atoms with Crippen molar-refractivity contribution in [1.29, 1.82) is 0 Å². The van der Waals surface area contributed by atoms with Gasteiger partial charge in [-0.1, -0.05) is 6.08 Å². The zero-order chi connectivity index (χ0) is 16.7. The molecule has 0 fully saturated rings. The third kappa shape index (κ3) is 4.47. The summed E-state index contributed by atoms with van der Waals surface area (Å²) < 4.78 is 9.88. The minimum absolute atomic E-state index is 0.0900. The zero-order valence-corrected chi connectivity index (χ0v) is 13.9. The molecule has 5 nitrogen and oxygen atoms in total. The summed E-state index contributed by atoms with van der Waals surface area (Å²) in [5.41, 5.74) is 3.76. The summed E-state index contributed by atoms with van der Waals surface area (Å²) in [5.74, 6) is -1.31. The van der Waals surface area contributed by atoms with Crippen LogP contribution in [0.2, 0.25) is 0 Å². The average Bonchev–Trinajstić information content (AvgIpc) is 3.18. The van der Waals surface area contributed by atoms with Gasteiger partial charge >= 0.3 is 11.9 Å². The normalized spacial score (nSPS) is 16.9. The van der Waals surface area contributed by atoms with Crippen molar-refractivity contribution >= 4 is 11.9 Å². The molecule has 0 aromatic carbocycles. The fourth-order valence-electron chi connectivity index (χ4n) is 2.98. The summed E-state index contributed by atoms with van der Waals surface area (Å²) in [4.78, 5) is 23.9. The largest absolute Gasteiger partial charge is 0.462 e. The van der Waals surface area contributed by atoms with Crippen LogP contribution in [0.1, 0.15) is 52.4 Å². The first-order chi connectivity index (χ1) is 11.2. The third-order valence-electron chi connectivity index (χ3n) is 4.03. The number of hydrogen-bond donors (Lipinski definition) is 1.